The highest BCUT2D eigenvalue weighted by Crippen LogP contribution is 2.24. The van der Waals surface area contributed by atoms with Gasteiger partial charge in [-0.15, -0.1) is 11.3 Å². The summed E-state index contributed by atoms with van der Waals surface area (Å²) in [5.41, 5.74) is 0.889. The highest BCUT2D eigenvalue weighted by atomic mass is 32.2. The number of hydrogen-bond donors (Lipinski definition) is 1. The molecule has 0 atom stereocenters. The molecular weight excluding hydrogens is 346 g/mol. The lowest BCUT2D eigenvalue weighted by Gasteiger charge is -2.17. The molecule has 0 radical (unpaired) electrons. The van der Waals surface area contributed by atoms with E-state index in [0.717, 1.165) is 11.5 Å². The quantitative estimate of drug-likeness (QED) is 0.441. The van der Waals surface area contributed by atoms with E-state index in [1.807, 2.05) is 11.4 Å². The second-order valence-electron chi connectivity index (χ2n) is 5.24. The molecule has 24 heavy (non-hydrogen) atoms. The van der Waals surface area contributed by atoms with Gasteiger partial charge in [-0.3, -0.25) is 14.9 Å². The molecular formula is C16H19N3O3S2. The molecule has 128 valence electrons. The normalized spacial score (nSPS) is 10.4. The lowest BCUT2D eigenvalue weighted by molar-refractivity contribution is -0.384. The molecule has 0 unspecified atom stereocenters. The van der Waals surface area contributed by atoms with Gasteiger partial charge in [0.05, 0.1) is 10.5 Å². The number of amides is 1. The van der Waals surface area contributed by atoms with Crippen LogP contribution < -0.4 is 10.2 Å². The van der Waals surface area contributed by atoms with E-state index in [4.69, 9.17) is 0 Å². The van der Waals surface area contributed by atoms with Crippen molar-refractivity contribution in [1.29, 1.82) is 0 Å². The van der Waals surface area contributed by atoms with E-state index in [0.29, 0.717) is 17.8 Å². The van der Waals surface area contributed by atoms with Gasteiger partial charge in [0, 0.05) is 54.8 Å². The van der Waals surface area contributed by atoms with Crippen LogP contribution in [0.1, 0.15) is 15.2 Å². The number of thiophene rings is 1. The van der Waals surface area contributed by atoms with Gasteiger partial charge in [0.15, 0.2) is 0 Å². The topological polar surface area (TPSA) is 75.5 Å². The number of rotatable bonds is 8. The lowest BCUT2D eigenvalue weighted by atomic mass is 10.1. The number of thioether (sulfide) groups is 1. The van der Waals surface area contributed by atoms with E-state index in [2.05, 4.69) is 11.4 Å². The van der Waals surface area contributed by atoms with Crippen molar-refractivity contribution in [3.8, 4) is 0 Å². The van der Waals surface area contributed by atoms with Gasteiger partial charge in [-0.25, -0.2) is 0 Å². The van der Waals surface area contributed by atoms with Gasteiger partial charge in [-0.2, -0.15) is 11.8 Å². The fourth-order valence-corrected chi connectivity index (χ4v) is 3.81. The predicted octanol–water partition coefficient (Wildman–Crippen LogP) is 3.39. The van der Waals surface area contributed by atoms with Gasteiger partial charge in [0.1, 0.15) is 0 Å². The maximum Gasteiger partial charge on any atom is 0.270 e. The zero-order valence-corrected chi connectivity index (χ0v) is 15.2. The van der Waals surface area contributed by atoms with Gasteiger partial charge in [-0.05, 0) is 17.5 Å². The summed E-state index contributed by atoms with van der Waals surface area (Å²) in [5.74, 6) is 1.42. The van der Waals surface area contributed by atoms with Crippen LogP contribution in [0.15, 0.2) is 35.7 Å². The molecule has 0 bridgehead atoms. The molecule has 1 amide bonds. The Bertz CT molecular complexity index is 703. The minimum atomic E-state index is -0.493. The molecule has 2 rings (SSSR count). The highest BCUT2D eigenvalue weighted by Gasteiger charge is 2.17. The van der Waals surface area contributed by atoms with Crippen molar-refractivity contribution in [2.75, 3.05) is 31.3 Å². The number of hydrogen-bond acceptors (Lipinski definition) is 6. The third kappa shape index (κ3) is 4.97. The Balaban J connectivity index is 1.92. The highest BCUT2D eigenvalue weighted by molar-refractivity contribution is 7.98. The van der Waals surface area contributed by atoms with Crippen molar-refractivity contribution in [1.82, 2.24) is 5.32 Å². The summed E-state index contributed by atoms with van der Waals surface area (Å²) in [6, 6.07) is 8.43. The predicted molar refractivity (Wildman–Crippen MR) is 100 cm³/mol. The van der Waals surface area contributed by atoms with Crippen LogP contribution in [0.25, 0.3) is 0 Å². The molecule has 1 aromatic carbocycles. The first kappa shape index (κ1) is 18.3. The number of carbonyl (C=O) groups excluding carboxylic acids is 1. The molecule has 6 nitrogen and oxygen atoms in total. The van der Waals surface area contributed by atoms with Crippen LogP contribution >= 0.6 is 23.1 Å². The zero-order valence-electron chi connectivity index (χ0n) is 13.5. The van der Waals surface area contributed by atoms with Gasteiger partial charge < -0.3 is 10.2 Å². The monoisotopic (exact) mass is 365 g/mol. The molecule has 0 aliphatic rings. The Morgan fingerprint density at radius 2 is 2.17 bits per heavy atom. The third-order valence-electron chi connectivity index (χ3n) is 3.27. The van der Waals surface area contributed by atoms with Gasteiger partial charge >= 0.3 is 0 Å². The Morgan fingerprint density at radius 3 is 2.79 bits per heavy atom. The van der Waals surface area contributed by atoms with Crippen LogP contribution in [-0.4, -0.2) is 37.2 Å². The molecule has 1 aromatic heterocycles. The lowest BCUT2D eigenvalue weighted by Crippen LogP contribution is -2.27. The van der Waals surface area contributed by atoms with Crippen molar-refractivity contribution < 1.29 is 9.72 Å². The summed E-state index contributed by atoms with van der Waals surface area (Å²) >= 11 is 3.46. The number of nitro groups is 1. The summed E-state index contributed by atoms with van der Waals surface area (Å²) in [5, 5.41) is 15.8. The van der Waals surface area contributed by atoms with E-state index < -0.39 is 4.92 Å². The SMILES string of the molecule is CN(C)c1ccc([N+](=O)[O-])cc1C(=O)NCCSCc1cccs1. The van der Waals surface area contributed by atoms with Crippen LogP contribution in [0, 0.1) is 10.1 Å². The standard InChI is InChI=1S/C16H19N3O3S2/c1-18(2)15-6-5-12(19(21)22)10-14(15)16(20)17-7-9-23-11-13-4-3-8-24-13/h3-6,8,10H,7,9,11H2,1-2H3,(H,17,20). The van der Waals surface area contributed by atoms with Crippen LogP contribution in [0.2, 0.25) is 0 Å². The fourth-order valence-electron chi connectivity index (χ4n) is 2.11. The van der Waals surface area contributed by atoms with Crippen LogP contribution in [0.4, 0.5) is 11.4 Å². The zero-order chi connectivity index (χ0) is 17.5. The summed E-state index contributed by atoms with van der Waals surface area (Å²) in [6.07, 6.45) is 0. The second-order valence-corrected chi connectivity index (χ2v) is 7.38. The number of anilines is 1. The molecule has 0 saturated carbocycles. The number of non-ortho nitro benzene ring substituents is 1. The summed E-state index contributed by atoms with van der Waals surface area (Å²) in [6.45, 7) is 0.518. The summed E-state index contributed by atoms with van der Waals surface area (Å²) < 4.78 is 0. The maximum atomic E-state index is 12.4. The van der Waals surface area contributed by atoms with E-state index in [-0.39, 0.29) is 11.6 Å². The summed E-state index contributed by atoms with van der Waals surface area (Å²) in [4.78, 5) is 25.9. The number of nitrogens with zero attached hydrogens (tertiary/aromatic N) is 2. The first-order valence-corrected chi connectivity index (χ1v) is 9.36. The van der Waals surface area contributed by atoms with E-state index >= 15 is 0 Å². The molecule has 0 spiro atoms. The van der Waals surface area contributed by atoms with Crippen molar-refractivity contribution >= 4 is 40.4 Å². The molecule has 2 aromatic rings. The number of nitrogens with one attached hydrogen (secondary N) is 1. The summed E-state index contributed by atoms with van der Waals surface area (Å²) in [7, 11) is 3.60. The average Bonchev–Trinajstić information content (AvgIpc) is 3.07. The average molecular weight is 365 g/mol. The first-order valence-electron chi connectivity index (χ1n) is 7.33. The van der Waals surface area contributed by atoms with E-state index in [1.165, 1.54) is 17.0 Å². The van der Waals surface area contributed by atoms with Crippen molar-refractivity contribution in [2.24, 2.45) is 0 Å². The number of carbonyl (C=O) groups is 1. The van der Waals surface area contributed by atoms with Gasteiger partial charge in [0.2, 0.25) is 0 Å². The largest absolute Gasteiger partial charge is 0.377 e. The smallest absolute Gasteiger partial charge is 0.270 e. The van der Waals surface area contributed by atoms with Crippen LogP contribution in [0.3, 0.4) is 0 Å². The molecule has 1 heterocycles. The number of benzene rings is 1. The Kier molecular flexibility index (Phi) is 6.62. The minimum absolute atomic E-state index is 0.0854. The maximum absolute atomic E-state index is 12.4. The fraction of sp³-hybridized carbons (Fsp3) is 0.312. The van der Waals surface area contributed by atoms with Crippen molar-refractivity contribution in [2.45, 2.75) is 5.75 Å². The van der Waals surface area contributed by atoms with Crippen molar-refractivity contribution in [3.63, 3.8) is 0 Å². The first-order chi connectivity index (χ1) is 11.5. The van der Waals surface area contributed by atoms with Crippen LogP contribution in [0.5, 0.6) is 0 Å². The van der Waals surface area contributed by atoms with E-state index in [9.17, 15) is 14.9 Å². The Morgan fingerprint density at radius 1 is 1.38 bits per heavy atom. The van der Waals surface area contributed by atoms with E-state index in [1.54, 1.807) is 48.2 Å². The molecule has 1 N–H and O–H groups in total. The second kappa shape index (κ2) is 8.70. The molecule has 0 saturated heterocycles. The molecule has 0 aliphatic carbocycles. The Labute approximate surface area is 149 Å². The third-order valence-corrected chi connectivity index (χ3v) is 5.34. The minimum Gasteiger partial charge on any atom is -0.377 e. The molecule has 0 aliphatic heterocycles. The van der Waals surface area contributed by atoms with Crippen LogP contribution in [-0.2, 0) is 5.75 Å². The van der Waals surface area contributed by atoms with Gasteiger partial charge in [-0.1, -0.05) is 6.07 Å². The Hall–Kier alpha value is -2.06. The molecule has 8 heteroatoms. The molecule has 0 fully saturated rings. The van der Waals surface area contributed by atoms with Crippen molar-refractivity contribution in [3.05, 3.63) is 56.3 Å². The number of nitro benzene ring substituents is 1. The van der Waals surface area contributed by atoms with Gasteiger partial charge in [0.25, 0.3) is 11.6 Å².